The zero-order valence-electron chi connectivity index (χ0n) is 10.5. The maximum Gasteiger partial charge on any atom is 0.0485 e. The van der Waals surface area contributed by atoms with Crippen LogP contribution in [0.4, 0.5) is 0 Å². The quantitative estimate of drug-likeness (QED) is 0.844. The molecule has 0 aromatic heterocycles. The van der Waals surface area contributed by atoms with Crippen molar-refractivity contribution in [1.82, 2.24) is 5.32 Å². The maximum absolute atomic E-state index is 6.21. The van der Waals surface area contributed by atoms with Crippen LogP contribution in [0.5, 0.6) is 0 Å². The fourth-order valence-corrected chi connectivity index (χ4v) is 2.47. The summed E-state index contributed by atoms with van der Waals surface area (Å²) in [6, 6.07) is 14.8. The number of hydrogen-bond donors (Lipinski definition) is 1. The summed E-state index contributed by atoms with van der Waals surface area (Å²) in [7, 11) is 0. The summed E-state index contributed by atoms with van der Waals surface area (Å²) in [6.07, 6.45) is 2.63. The molecule has 1 saturated carbocycles. The molecule has 98 valence electrons. The number of halogens is 2. The molecule has 0 atom stereocenters. The Morgan fingerprint density at radius 2 is 1.74 bits per heavy atom. The molecule has 2 aromatic rings. The summed E-state index contributed by atoms with van der Waals surface area (Å²) in [4.78, 5) is 0. The van der Waals surface area contributed by atoms with E-state index in [0.717, 1.165) is 28.7 Å². The summed E-state index contributed by atoms with van der Waals surface area (Å²) >= 11 is 12.2. The molecule has 0 bridgehead atoms. The van der Waals surface area contributed by atoms with Crippen LogP contribution in [-0.4, -0.2) is 6.04 Å². The largest absolute Gasteiger partial charge is 0.310 e. The molecule has 0 unspecified atom stereocenters. The van der Waals surface area contributed by atoms with E-state index in [1.165, 1.54) is 18.4 Å². The fraction of sp³-hybridized carbons (Fsp3) is 0.250. The van der Waals surface area contributed by atoms with Crippen molar-refractivity contribution < 1.29 is 0 Å². The van der Waals surface area contributed by atoms with E-state index in [-0.39, 0.29) is 0 Å². The second kappa shape index (κ2) is 5.54. The molecule has 1 aliphatic rings. The van der Waals surface area contributed by atoms with E-state index in [0.29, 0.717) is 5.02 Å². The van der Waals surface area contributed by atoms with E-state index in [9.17, 15) is 0 Å². The first kappa shape index (κ1) is 13.0. The fourth-order valence-electron chi connectivity index (χ4n) is 2.07. The van der Waals surface area contributed by atoms with Crippen molar-refractivity contribution in [2.24, 2.45) is 0 Å². The van der Waals surface area contributed by atoms with Crippen molar-refractivity contribution >= 4 is 23.2 Å². The molecule has 0 amide bonds. The number of benzene rings is 2. The van der Waals surface area contributed by atoms with Gasteiger partial charge < -0.3 is 5.32 Å². The first-order valence-corrected chi connectivity index (χ1v) is 7.26. The lowest BCUT2D eigenvalue weighted by Crippen LogP contribution is -2.14. The predicted octanol–water partition coefficient (Wildman–Crippen LogP) is 4.91. The average molecular weight is 292 g/mol. The van der Waals surface area contributed by atoms with Crippen LogP contribution in [0.15, 0.2) is 42.5 Å². The number of hydrogen-bond acceptors (Lipinski definition) is 1. The van der Waals surface area contributed by atoms with E-state index < -0.39 is 0 Å². The Morgan fingerprint density at radius 3 is 2.42 bits per heavy atom. The molecule has 3 rings (SSSR count). The third-order valence-corrected chi connectivity index (χ3v) is 3.93. The van der Waals surface area contributed by atoms with Crippen molar-refractivity contribution in [1.29, 1.82) is 0 Å². The second-order valence-corrected chi connectivity index (χ2v) is 5.82. The summed E-state index contributed by atoms with van der Waals surface area (Å²) in [5.41, 5.74) is 3.38. The van der Waals surface area contributed by atoms with Crippen molar-refractivity contribution in [3.63, 3.8) is 0 Å². The summed E-state index contributed by atoms with van der Waals surface area (Å²) in [6.45, 7) is 0.939. The molecule has 0 spiro atoms. The normalized spacial score (nSPS) is 14.6. The highest BCUT2D eigenvalue weighted by Crippen LogP contribution is 2.30. The van der Waals surface area contributed by atoms with E-state index >= 15 is 0 Å². The second-order valence-electron chi connectivity index (χ2n) is 4.98. The van der Waals surface area contributed by atoms with Gasteiger partial charge in [-0.05, 0) is 42.2 Å². The van der Waals surface area contributed by atoms with Gasteiger partial charge in [-0.2, -0.15) is 0 Å². The van der Waals surface area contributed by atoms with E-state index in [1.54, 1.807) is 6.07 Å². The van der Waals surface area contributed by atoms with Gasteiger partial charge in [0.15, 0.2) is 0 Å². The number of nitrogens with one attached hydrogen (secondary N) is 1. The molecule has 2 aromatic carbocycles. The van der Waals surface area contributed by atoms with Gasteiger partial charge in [-0.15, -0.1) is 0 Å². The predicted molar refractivity (Wildman–Crippen MR) is 81.8 cm³/mol. The lowest BCUT2D eigenvalue weighted by atomic mass is 10.0. The van der Waals surface area contributed by atoms with Crippen LogP contribution < -0.4 is 5.32 Å². The smallest absolute Gasteiger partial charge is 0.0485 e. The highest BCUT2D eigenvalue weighted by molar-refractivity contribution is 6.35. The molecule has 0 heterocycles. The van der Waals surface area contributed by atoms with E-state index in [2.05, 4.69) is 29.6 Å². The molecule has 0 aliphatic heterocycles. The molecule has 1 N–H and O–H groups in total. The number of rotatable bonds is 4. The third kappa shape index (κ3) is 3.30. The lowest BCUT2D eigenvalue weighted by molar-refractivity contribution is 0.688. The monoisotopic (exact) mass is 291 g/mol. The van der Waals surface area contributed by atoms with Crippen molar-refractivity contribution in [2.45, 2.75) is 25.4 Å². The molecule has 19 heavy (non-hydrogen) atoms. The highest BCUT2D eigenvalue weighted by Gasteiger charge is 2.19. The van der Waals surface area contributed by atoms with E-state index in [4.69, 9.17) is 23.2 Å². The Bertz CT molecular complexity index is 574. The third-order valence-electron chi connectivity index (χ3n) is 3.37. The Labute approximate surface area is 123 Å². The van der Waals surface area contributed by atoms with Gasteiger partial charge in [-0.3, -0.25) is 0 Å². The molecule has 0 radical (unpaired) electrons. The molecule has 0 saturated heterocycles. The minimum absolute atomic E-state index is 0.707. The Balaban J connectivity index is 1.78. The van der Waals surface area contributed by atoms with Gasteiger partial charge in [0.25, 0.3) is 0 Å². The summed E-state index contributed by atoms with van der Waals surface area (Å²) in [5.74, 6) is 0. The zero-order chi connectivity index (χ0) is 13.2. The van der Waals surface area contributed by atoms with Gasteiger partial charge in [0.05, 0.1) is 0 Å². The van der Waals surface area contributed by atoms with Crippen LogP contribution in [0.2, 0.25) is 10.0 Å². The Hall–Kier alpha value is -1.02. The van der Waals surface area contributed by atoms with Gasteiger partial charge >= 0.3 is 0 Å². The van der Waals surface area contributed by atoms with Gasteiger partial charge in [0.1, 0.15) is 0 Å². The molecule has 1 fully saturated rings. The molecular formula is C16H15Cl2N. The minimum atomic E-state index is 0.707. The molecule has 1 nitrogen and oxygen atoms in total. The van der Waals surface area contributed by atoms with Crippen LogP contribution in [-0.2, 0) is 6.54 Å². The van der Waals surface area contributed by atoms with Crippen molar-refractivity contribution in [2.75, 3.05) is 0 Å². The van der Waals surface area contributed by atoms with Crippen LogP contribution in [0.3, 0.4) is 0 Å². The van der Waals surface area contributed by atoms with Crippen LogP contribution in [0, 0.1) is 0 Å². The topological polar surface area (TPSA) is 12.0 Å². The lowest BCUT2D eigenvalue weighted by Gasteiger charge is -2.07. The van der Waals surface area contributed by atoms with Gasteiger partial charge in [-0.1, -0.05) is 47.5 Å². The zero-order valence-corrected chi connectivity index (χ0v) is 12.0. The SMILES string of the molecule is Clc1ccc(Cl)c(-c2ccc(CNC3CC3)cc2)c1. The maximum atomic E-state index is 6.21. The molecular weight excluding hydrogens is 277 g/mol. The van der Waals surface area contributed by atoms with Gasteiger partial charge in [0.2, 0.25) is 0 Å². The molecule has 1 aliphatic carbocycles. The van der Waals surface area contributed by atoms with E-state index in [1.807, 2.05) is 12.1 Å². The van der Waals surface area contributed by atoms with Crippen molar-refractivity contribution in [3.8, 4) is 11.1 Å². The van der Waals surface area contributed by atoms with Crippen molar-refractivity contribution in [3.05, 3.63) is 58.1 Å². The first-order valence-electron chi connectivity index (χ1n) is 6.50. The standard InChI is InChI=1S/C16H15Cl2N/c17-13-5-8-16(18)15(9-13)12-3-1-11(2-4-12)10-19-14-6-7-14/h1-5,8-9,14,19H,6-7,10H2. The molecule has 3 heteroatoms. The summed E-state index contributed by atoms with van der Waals surface area (Å²) < 4.78 is 0. The Kier molecular flexibility index (Phi) is 3.79. The Morgan fingerprint density at radius 1 is 1.00 bits per heavy atom. The summed E-state index contributed by atoms with van der Waals surface area (Å²) in [5, 5.41) is 4.94. The van der Waals surface area contributed by atoms with Gasteiger partial charge in [0, 0.05) is 28.2 Å². The minimum Gasteiger partial charge on any atom is -0.310 e. The van der Waals surface area contributed by atoms with Crippen LogP contribution in [0.1, 0.15) is 18.4 Å². The van der Waals surface area contributed by atoms with Gasteiger partial charge in [-0.25, -0.2) is 0 Å². The highest BCUT2D eigenvalue weighted by atomic mass is 35.5. The first-order chi connectivity index (χ1) is 9.22. The van der Waals surface area contributed by atoms with Crippen LogP contribution in [0.25, 0.3) is 11.1 Å². The average Bonchev–Trinajstić information content (AvgIpc) is 3.24. The van der Waals surface area contributed by atoms with Crippen LogP contribution >= 0.6 is 23.2 Å².